The molecule has 0 spiro atoms. The zero-order chi connectivity index (χ0) is 23.3. The third-order valence-electron chi connectivity index (χ3n) is 5.71. The number of esters is 1. The van der Waals surface area contributed by atoms with Gasteiger partial charge in [-0.25, -0.2) is 4.79 Å². The van der Waals surface area contributed by atoms with Crippen molar-refractivity contribution in [2.75, 3.05) is 25.1 Å². The molecule has 3 heterocycles. The molecule has 0 N–H and O–H groups in total. The summed E-state index contributed by atoms with van der Waals surface area (Å²) in [6.07, 6.45) is 7.32. The number of hydrogen-bond acceptors (Lipinski definition) is 6. The number of nitrogens with zero attached hydrogens (tertiary/aromatic N) is 3. The van der Waals surface area contributed by atoms with Crippen LogP contribution in [0.5, 0.6) is 11.5 Å². The van der Waals surface area contributed by atoms with Gasteiger partial charge in [-0.1, -0.05) is 18.2 Å². The van der Waals surface area contributed by atoms with Gasteiger partial charge in [-0.3, -0.25) is 4.98 Å². The maximum absolute atomic E-state index is 12.4. The normalized spacial score (nSPS) is 13.3. The molecule has 7 nitrogen and oxygen atoms in total. The zero-order valence-electron chi connectivity index (χ0n) is 18.8. The molecular formula is C27H25N3O4. The number of anilines is 1. The van der Waals surface area contributed by atoms with Crippen LogP contribution >= 0.6 is 0 Å². The quantitative estimate of drug-likeness (QED) is 0.365. The molecule has 1 fully saturated rings. The van der Waals surface area contributed by atoms with Gasteiger partial charge < -0.3 is 23.7 Å². The number of methoxy groups -OCH3 is 1. The van der Waals surface area contributed by atoms with Crippen molar-refractivity contribution >= 4 is 11.7 Å². The first-order valence-corrected chi connectivity index (χ1v) is 11.1. The first-order valence-electron chi connectivity index (χ1n) is 11.1. The van der Waals surface area contributed by atoms with Crippen molar-refractivity contribution in [1.82, 2.24) is 9.55 Å². The molecule has 1 saturated heterocycles. The molecule has 0 aliphatic carbocycles. The lowest BCUT2D eigenvalue weighted by Gasteiger charge is -2.41. The minimum Gasteiger partial charge on any atom is -0.487 e. The molecule has 7 heteroatoms. The third kappa shape index (κ3) is 4.59. The Kier molecular flexibility index (Phi) is 6.16. The number of ether oxygens (including phenoxy) is 3. The lowest BCUT2D eigenvalue weighted by Crippen LogP contribution is -2.54. The number of hydrogen-bond donors (Lipinski definition) is 0. The van der Waals surface area contributed by atoms with E-state index in [1.165, 1.54) is 7.11 Å². The summed E-state index contributed by atoms with van der Waals surface area (Å²) in [7, 11) is 1.40. The fourth-order valence-electron chi connectivity index (χ4n) is 4.03. The summed E-state index contributed by atoms with van der Waals surface area (Å²) in [4.78, 5) is 18.7. The second-order valence-electron chi connectivity index (χ2n) is 8.02. The highest BCUT2D eigenvalue weighted by Gasteiger charge is 2.32. The van der Waals surface area contributed by atoms with Crippen LogP contribution in [-0.2, 0) is 11.3 Å². The number of para-hydroxylation sites is 1. The van der Waals surface area contributed by atoms with Crippen molar-refractivity contribution in [3.05, 3.63) is 103 Å². The molecule has 0 amide bonds. The Hall–Kier alpha value is -4.26. The van der Waals surface area contributed by atoms with Crippen molar-refractivity contribution < 1.29 is 19.0 Å². The molecule has 0 saturated carbocycles. The van der Waals surface area contributed by atoms with E-state index in [9.17, 15) is 4.79 Å². The fraction of sp³-hybridized carbons (Fsp3) is 0.185. The fourth-order valence-corrected chi connectivity index (χ4v) is 4.03. The molecule has 34 heavy (non-hydrogen) atoms. The topological polar surface area (TPSA) is 65.8 Å². The van der Waals surface area contributed by atoms with Gasteiger partial charge in [0.15, 0.2) is 0 Å². The number of carbonyl (C=O) groups excluding carboxylic acids is 1. The van der Waals surface area contributed by atoms with E-state index in [1.54, 1.807) is 18.5 Å². The molecule has 2 aromatic heterocycles. The van der Waals surface area contributed by atoms with Crippen LogP contribution in [0.3, 0.4) is 0 Å². The maximum atomic E-state index is 12.4. The molecule has 4 aromatic rings. The van der Waals surface area contributed by atoms with Gasteiger partial charge in [-0.2, -0.15) is 0 Å². The van der Waals surface area contributed by atoms with Crippen LogP contribution in [0.2, 0.25) is 0 Å². The van der Waals surface area contributed by atoms with Crippen molar-refractivity contribution in [1.29, 1.82) is 0 Å². The largest absolute Gasteiger partial charge is 0.487 e. The summed E-state index contributed by atoms with van der Waals surface area (Å²) in [6, 6.07) is 21.2. The van der Waals surface area contributed by atoms with Gasteiger partial charge in [0.1, 0.15) is 24.2 Å². The number of pyridine rings is 1. The Morgan fingerprint density at radius 2 is 1.79 bits per heavy atom. The molecule has 5 rings (SSSR count). The van der Waals surface area contributed by atoms with E-state index >= 15 is 0 Å². The van der Waals surface area contributed by atoms with Crippen LogP contribution in [0, 0.1) is 0 Å². The van der Waals surface area contributed by atoms with E-state index in [1.807, 2.05) is 77.6 Å². The predicted molar refractivity (Wildman–Crippen MR) is 129 cm³/mol. The van der Waals surface area contributed by atoms with Crippen molar-refractivity contribution in [2.45, 2.75) is 12.7 Å². The molecular weight excluding hydrogens is 430 g/mol. The summed E-state index contributed by atoms with van der Waals surface area (Å²) >= 11 is 0. The molecule has 1 aliphatic heterocycles. The number of carbonyl (C=O) groups is 1. The van der Waals surface area contributed by atoms with E-state index in [0.29, 0.717) is 12.2 Å². The van der Waals surface area contributed by atoms with Crippen molar-refractivity contribution in [3.8, 4) is 17.2 Å². The van der Waals surface area contributed by atoms with Gasteiger partial charge in [0.05, 0.1) is 43.3 Å². The highest BCUT2D eigenvalue weighted by molar-refractivity contribution is 5.96. The third-order valence-corrected chi connectivity index (χ3v) is 5.71. The Balaban J connectivity index is 1.26. The van der Waals surface area contributed by atoms with Crippen LogP contribution in [0.15, 0.2) is 91.5 Å². The smallest absolute Gasteiger partial charge is 0.340 e. The second-order valence-corrected chi connectivity index (χ2v) is 8.02. The Morgan fingerprint density at radius 3 is 2.56 bits per heavy atom. The summed E-state index contributed by atoms with van der Waals surface area (Å²) in [5.74, 6) is 1.19. The van der Waals surface area contributed by atoms with Crippen LogP contribution in [0.25, 0.3) is 5.69 Å². The second kappa shape index (κ2) is 9.70. The van der Waals surface area contributed by atoms with Crippen LogP contribution < -0.4 is 14.4 Å². The number of benzene rings is 2. The van der Waals surface area contributed by atoms with E-state index in [-0.39, 0.29) is 12.1 Å². The Bertz CT molecular complexity index is 1250. The zero-order valence-corrected chi connectivity index (χ0v) is 18.8. The Labute approximate surface area is 198 Å². The average molecular weight is 456 g/mol. The van der Waals surface area contributed by atoms with Crippen LogP contribution in [0.1, 0.15) is 15.9 Å². The minimum absolute atomic E-state index is 0.0498. The summed E-state index contributed by atoms with van der Waals surface area (Å²) in [6.45, 7) is 1.88. The summed E-state index contributed by atoms with van der Waals surface area (Å²) < 4.78 is 19.0. The monoisotopic (exact) mass is 455 g/mol. The number of aromatic nitrogens is 2. The molecule has 1 aliphatic rings. The van der Waals surface area contributed by atoms with Crippen molar-refractivity contribution in [3.63, 3.8) is 0 Å². The first kappa shape index (κ1) is 21.6. The molecule has 0 unspecified atom stereocenters. The average Bonchev–Trinajstić information content (AvgIpc) is 3.39. The van der Waals surface area contributed by atoms with E-state index in [2.05, 4.69) is 9.88 Å². The maximum Gasteiger partial charge on any atom is 0.340 e. The van der Waals surface area contributed by atoms with E-state index in [0.717, 1.165) is 41.5 Å². The van der Waals surface area contributed by atoms with Gasteiger partial charge in [-0.15, -0.1) is 0 Å². The number of rotatable bonds is 8. The van der Waals surface area contributed by atoms with Gasteiger partial charge >= 0.3 is 5.97 Å². The molecule has 0 radical (unpaired) electrons. The molecule has 172 valence electrons. The van der Waals surface area contributed by atoms with Gasteiger partial charge in [0.2, 0.25) is 0 Å². The minimum atomic E-state index is -0.357. The highest BCUT2D eigenvalue weighted by atomic mass is 16.5. The predicted octanol–water partition coefficient (Wildman–Crippen LogP) is 4.51. The van der Waals surface area contributed by atoms with Crippen LogP contribution in [-0.4, -0.2) is 41.8 Å². The SMILES string of the molecule is COC(=O)c1cccc(N2CC(Oc3cccc(COc4cccnc4)c3)C2)c1-n1cccc1. The standard InChI is InChI=1S/C27H25N3O4/c1-32-27(31)24-10-5-11-25(26(24)29-13-2-3-14-29)30-17-23(18-30)34-21-8-4-7-20(15-21)19-33-22-9-6-12-28-16-22/h2-16,23H,17-19H2,1H3. The first-order chi connectivity index (χ1) is 16.7. The van der Waals surface area contributed by atoms with Crippen molar-refractivity contribution in [2.24, 2.45) is 0 Å². The molecule has 0 atom stereocenters. The highest BCUT2D eigenvalue weighted by Crippen LogP contribution is 2.33. The lowest BCUT2D eigenvalue weighted by molar-refractivity contribution is 0.0600. The van der Waals surface area contributed by atoms with Gasteiger partial charge in [-0.05, 0) is 54.1 Å². The van der Waals surface area contributed by atoms with E-state index in [4.69, 9.17) is 14.2 Å². The lowest BCUT2D eigenvalue weighted by atomic mass is 10.1. The Morgan fingerprint density at radius 1 is 1.00 bits per heavy atom. The van der Waals surface area contributed by atoms with E-state index < -0.39 is 0 Å². The summed E-state index contributed by atoms with van der Waals surface area (Å²) in [5, 5.41) is 0. The van der Waals surface area contributed by atoms with Gasteiger partial charge in [0, 0.05) is 18.6 Å². The molecule has 2 aromatic carbocycles. The molecule has 0 bridgehead atoms. The summed E-state index contributed by atoms with van der Waals surface area (Å²) in [5.41, 5.74) is 3.34. The van der Waals surface area contributed by atoms with Crippen LogP contribution in [0.4, 0.5) is 5.69 Å². The van der Waals surface area contributed by atoms with Gasteiger partial charge in [0.25, 0.3) is 0 Å².